The third-order valence-electron chi connectivity index (χ3n) is 3.71. The lowest BCUT2D eigenvalue weighted by Gasteiger charge is -2.24. The number of hydrogen-bond acceptors (Lipinski definition) is 3. The summed E-state index contributed by atoms with van der Waals surface area (Å²) in [6, 6.07) is 5.58. The molecule has 2 rings (SSSR count). The highest BCUT2D eigenvalue weighted by molar-refractivity contribution is 5.94. The predicted octanol–water partition coefficient (Wildman–Crippen LogP) is 2.21. The van der Waals surface area contributed by atoms with Crippen LogP contribution in [-0.2, 0) is 16.0 Å². The molecule has 1 N–H and O–H groups in total. The maximum atomic E-state index is 12.2. The Morgan fingerprint density at radius 3 is 2.71 bits per heavy atom. The molecule has 5 heteroatoms. The second-order valence-corrected chi connectivity index (χ2v) is 5.14. The molecule has 0 aliphatic carbocycles. The van der Waals surface area contributed by atoms with E-state index in [4.69, 9.17) is 4.74 Å². The lowest BCUT2D eigenvalue weighted by Crippen LogP contribution is -2.40. The van der Waals surface area contributed by atoms with Gasteiger partial charge in [0.15, 0.2) is 6.10 Å². The molecule has 1 aliphatic rings. The number of ether oxygens (including phenoxy) is 1. The topological polar surface area (TPSA) is 58.6 Å². The second-order valence-electron chi connectivity index (χ2n) is 5.14. The first-order valence-electron chi connectivity index (χ1n) is 7.43. The Kier molecular flexibility index (Phi) is 4.83. The summed E-state index contributed by atoms with van der Waals surface area (Å²) in [4.78, 5) is 25.3. The first-order chi connectivity index (χ1) is 10.0. The molecular formula is C16H22N2O3. The Balaban J connectivity index is 2.08. The summed E-state index contributed by atoms with van der Waals surface area (Å²) in [5, 5.41) is 2.83. The lowest BCUT2D eigenvalue weighted by molar-refractivity contribution is -0.137. The predicted molar refractivity (Wildman–Crippen MR) is 81.4 cm³/mol. The Morgan fingerprint density at radius 2 is 2.05 bits per heavy atom. The minimum absolute atomic E-state index is 0.0203. The number of aryl methyl sites for hydroxylation is 1. The molecule has 1 aromatic carbocycles. The van der Waals surface area contributed by atoms with E-state index < -0.39 is 6.10 Å². The van der Waals surface area contributed by atoms with Crippen LogP contribution in [0, 0.1) is 0 Å². The van der Waals surface area contributed by atoms with Crippen LogP contribution in [0.1, 0.15) is 32.8 Å². The van der Waals surface area contributed by atoms with Crippen LogP contribution in [0.25, 0.3) is 0 Å². The van der Waals surface area contributed by atoms with Gasteiger partial charge in [0.1, 0.15) is 5.75 Å². The minimum atomic E-state index is -0.540. The van der Waals surface area contributed by atoms with Crippen molar-refractivity contribution in [3.63, 3.8) is 0 Å². The number of rotatable bonds is 5. The van der Waals surface area contributed by atoms with E-state index >= 15 is 0 Å². The molecule has 1 aromatic rings. The Hall–Kier alpha value is -2.04. The third kappa shape index (κ3) is 3.54. The smallest absolute Gasteiger partial charge is 0.263 e. The molecular weight excluding hydrogens is 268 g/mol. The summed E-state index contributed by atoms with van der Waals surface area (Å²) < 4.78 is 5.72. The standard InChI is InChI=1S/C16H22N2O3/c1-4-18(5-2)16(20)11(3)21-13-8-6-12-7-9-15(19)17-14(12)10-13/h6,8,10-11H,4-5,7,9H2,1-3H3,(H,17,19). The van der Waals surface area contributed by atoms with E-state index in [1.807, 2.05) is 26.0 Å². The fraction of sp³-hybridized carbons (Fsp3) is 0.500. The van der Waals surface area contributed by atoms with Crippen molar-refractivity contribution >= 4 is 17.5 Å². The van der Waals surface area contributed by atoms with E-state index in [-0.39, 0.29) is 11.8 Å². The molecule has 2 amide bonds. The fourth-order valence-electron chi connectivity index (χ4n) is 2.47. The number of amides is 2. The Morgan fingerprint density at radius 1 is 1.33 bits per heavy atom. The molecule has 21 heavy (non-hydrogen) atoms. The highest BCUT2D eigenvalue weighted by Crippen LogP contribution is 2.27. The molecule has 1 unspecified atom stereocenters. The zero-order valence-electron chi connectivity index (χ0n) is 12.8. The number of carbonyl (C=O) groups is 2. The fourth-order valence-corrected chi connectivity index (χ4v) is 2.47. The van der Waals surface area contributed by atoms with Gasteiger partial charge in [0.2, 0.25) is 5.91 Å². The zero-order valence-corrected chi connectivity index (χ0v) is 12.8. The largest absolute Gasteiger partial charge is 0.481 e. The van der Waals surface area contributed by atoms with E-state index in [1.54, 1.807) is 17.9 Å². The van der Waals surface area contributed by atoms with Crippen molar-refractivity contribution in [2.24, 2.45) is 0 Å². The van der Waals surface area contributed by atoms with Crippen LogP contribution >= 0.6 is 0 Å². The van der Waals surface area contributed by atoms with E-state index in [1.165, 1.54) is 0 Å². The van der Waals surface area contributed by atoms with E-state index in [0.29, 0.717) is 25.3 Å². The quantitative estimate of drug-likeness (QED) is 0.904. The number of hydrogen-bond donors (Lipinski definition) is 1. The van der Waals surface area contributed by atoms with Gasteiger partial charge in [0.05, 0.1) is 0 Å². The Bertz CT molecular complexity index is 538. The lowest BCUT2D eigenvalue weighted by atomic mass is 10.0. The van der Waals surface area contributed by atoms with Gasteiger partial charge in [-0.25, -0.2) is 0 Å². The second kappa shape index (κ2) is 6.61. The molecule has 0 saturated heterocycles. The normalized spacial score (nSPS) is 14.9. The number of anilines is 1. The number of nitrogens with zero attached hydrogens (tertiary/aromatic N) is 1. The van der Waals surface area contributed by atoms with Gasteiger partial charge in [0, 0.05) is 31.3 Å². The molecule has 0 aromatic heterocycles. The summed E-state index contributed by atoms with van der Waals surface area (Å²) in [7, 11) is 0. The van der Waals surface area contributed by atoms with Gasteiger partial charge in [0.25, 0.3) is 5.91 Å². The average Bonchev–Trinajstić information content (AvgIpc) is 2.47. The molecule has 1 aliphatic heterocycles. The van der Waals surface area contributed by atoms with E-state index in [9.17, 15) is 9.59 Å². The van der Waals surface area contributed by atoms with Gasteiger partial charge < -0.3 is 15.0 Å². The molecule has 0 bridgehead atoms. The van der Waals surface area contributed by atoms with Crippen molar-refractivity contribution in [1.29, 1.82) is 0 Å². The molecule has 5 nitrogen and oxygen atoms in total. The van der Waals surface area contributed by atoms with Crippen molar-refractivity contribution in [3.05, 3.63) is 23.8 Å². The van der Waals surface area contributed by atoms with Gasteiger partial charge in [-0.2, -0.15) is 0 Å². The SMILES string of the molecule is CCN(CC)C(=O)C(C)Oc1ccc2c(c1)NC(=O)CC2. The van der Waals surface area contributed by atoms with Crippen LogP contribution in [0.3, 0.4) is 0 Å². The highest BCUT2D eigenvalue weighted by Gasteiger charge is 2.21. The van der Waals surface area contributed by atoms with Crippen LogP contribution < -0.4 is 10.1 Å². The van der Waals surface area contributed by atoms with Crippen LogP contribution in [0.2, 0.25) is 0 Å². The summed E-state index contributed by atoms with van der Waals surface area (Å²) in [6.45, 7) is 6.98. The van der Waals surface area contributed by atoms with Gasteiger partial charge in [-0.1, -0.05) is 6.07 Å². The first-order valence-corrected chi connectivity index (χ1v) is 7.43. The number of carbonyl (C=O) groups excluding carboxylic acids is 2. The van der Waals surface area contributed by atoms with Crippen LogP contribution in [0.4, 0.5) is 5.69 Å². The van der Waals surface area contributed by atoms with Crippen molar-refractivity contribution in [2.75, 3.05) is 18.4 Å². The van der Waals surface area contributed by atoms with Gasteiger partial charge in [-0.05, 0) is 38.8 Å². The van der Waals surface area contributed by atoms with E-state index in [2.05, 4.69) is 5.32 Å². The molecule has 0 radical (unpaired) electrons. The highest BCUT2D eigenvalue weighted by atomic mass is 16.5. The maximum Gasteiger partial charge on any atom is 0.263 e. The van der Waals surface area contributed by atoms with Crippen molar-refractivity contribution in [2.45, 2.75) is 39.7 Å². The average molecular weight is 290 g/mol. The van der Waals surface area contributed by atoms with Crippen molar-refractivity contribution < 1.29 is 14.3 Å². The number of fused-ring (bicyclic) bond motifs is 1. The first kappa shape index (κ1) is 15.4. The molecule has 1 atom stereocenters. The summed E-state index contributed by atoms with van der Waals surface area (Å²) >= 11 is 0. The summed E-state index contributed by atoms with van der Waals surface area (Å²) in [5.74, 6) is 0.595. The van der Waals surface area contributed by atoms with Crippen LogP contribution in [0.15, 0.2) is 18.2 Å². The molecule has 0 spiro atoms. The van der Waals surface area contributed by atoms with Gasteiger partial charge >= 0.3 is 0 Å². The maximum absolute atomic E-state index is 12.2. The number of nitrogens with one attached hydrogen (secondary N) is 1. The van der Waals surface area contributed by atoms with Crippen molar-refractivity contribution in [3.8, 4) is 5.75 Å². The number of benzene rings is 1. The van der Waals surface area contributed by atoms with Crippen molar-refractivity contribution in [1.82, 2.24) is 4.90 Å². The van der Waals surface area contributed by atoms with E-state index in [0.717, 1.165) is 17.7 Å². The summed E-state index contributed by atoms with van der Waals surface area (Å²) in [6.07, 6.45) is 0.724. The molecule has 0 fully saturated rings. The van der Waals surface area contributed by atoms with Gasteiger partial charge in [-0.3, -0.25) is 9.59 Å². The molecule has 1 heterocycles. The monoisotopic (exact) mass is 290 g/mol. The van der Waals surface area contributed by atoms with Crippen LogP contribution in [-0.4, -0.2) is 35.9 Å². The Labute approximate surface area is 125 Å². The molecule has 0 saturated carbocycles. The third-order valence-corrected chi connectivity index (χ3v) is 3.71. The molecule has 114 valence electrons. The minimum Gasteiger partial charge on any atom is -0.481 e. The number of likely N-dealkylation sites (N-methyl/N-ethyl adjacent to an activating group) is 1. The summed E-state index contributed by atoms with van der Waals surface area (Å²) in [5.41, 5.74) is 1.89. The van der Waals surface area contributed by atoms with Crippen LogP contribution in [0.5, 0.6) is 5.75 Å². The zero-order chi connectivity index (χ0) is 15.4. The van der Waals surface area contributed by atoms with Gasteiger partial charge in [-0.15, -0.1) is 0 Å².